The smallest absolute Gasteiger partial charge is 0.163 e. The highest BCUT2D eigenvalue weighted by atomic mass is 79.9. The molecule has 3 nitrogen and oxygen atoms in total. The molecule has 0 aliphatic heterocycles. The van der Waals surface area contributed by atoms with Gasteiger partial charge < -0.3 is 9.47 Å². The second-order valence-electron chi connectivity index (χ2n) is 4.21. The molecule has 0 fully saturated rings. The van der Waals surface area contributed by atoms with Gasteiger partial charge in [-0.2, -0.15) is 0 Å². The van der Waals surface area contributed by atoms with Gasteiger partial charge in [0, 0.05) is 10.5 Å². The molecule has 0 unspecified atom stereocenters. The average molecular weight is 335 g/mol. The zero-order valence-corrected chi connectivity index (χ0v) is 12.9. The second-order valence-corrected chi connectivity index (χ2v) is 5.12. The molecular formula is C16H15BrO3. The Bertz CT molecular complexity index is 623. The summed E-state index contributed by atoms with van der Waals surface area (Å²) >= 11 is 3.38. The molecule has 2 aromatic rings. The molecule has 0 aromatic heterocycles. The first-order valence-corrected chi connectivity index (χ1v) is 7.10. The van der Waals surface area contributed by atoms with E-state index in [1.165, 1.54) is 6.92 Å². The monoisotopic (exact) mass is 334 g/mol. The topological polar surface area (TPSA) is 35.5 Å². The maximum atomic E-state index is 11.6. The van der Waals surface area contributed by atoms with Gasteiger partial charge in [0.2, 0.25) is 0 Å². The van der Waals surface area contributed by atoms with Gasteiger partial charge in [0.1, 0.15) is 17.2 Å². The van der Waals surface area contributed by atoms with Crippen molar-refractivity contribution in [2.24, 2.45) is 0 Å². The lowest BCUT2D eigenvalue weighted by Gasteiger charge is -2.11. The Morgan fingerprint density at radius 1 is 1.15 bits per heavy atom. The van der Waals surface area contributed by atoms with Crippen molar-refractivity contribution in [2.45, 2.75) is 13.8 Å². The summed E-state index contributed by atoms with van der Waals surface area (Å²) in [6, 6.07) is 12.7. The van der Waals surface area contributed by atoms with Crippen LogP contribution in [-0.2, 0) is 0 Å². The summed E-state index contributed by atoms with van der Waals surface area (Å²) in [5.41, 5.74) is 0.551. The number of carbonyl (C=O) groups is 1. The predicted molar refractivity (Wildman–Crippen MR) is 81.8 cm³/mol. The summed E-state index contributed by atoms with van der Waals surface area (Å²) in [4.78, 5) is 11.6. The third kappa shape index (κ3) is 3.61. The van der Waals surface area contributed by atoms with E-state index in [4.69, 9.17) is 9.47 Å². The van der Waals surface area contributed by atoms with Crippen LogP contribution in [0, 0.1) is 0 Å². The third-order valence-electron chi connectivity index (χ3n) is 2.67. The first kappa shape index (κ1) is 14.6. The molecule has 104 valence electrons. The van der Waals surface area contributed by atoms with Crippen molar-refractivity contribution in [1.82, 2.24) is 0 Å². The van der Waals surface area contributed by atoms with Crippen LogP contribution in [0.3, 0.4) is 0 Å². The van der Waals surface area contributed by atoms with Crippen LogP contribution in [0.15, 0.2) is 46.9 Å². The average Bonchev–Trinajstić information content (AvgIpc) is 2.39. The number of rotatable bonds is 5. The molecule has 0 saturated carbocycles. The first-order chi connectivity index (χ1) is 9.60. The predicted octanol–water partition coefficient (Wildman–Crippen LogP) is 4.84. The van der Waals surface area contributed by atoms with Gasteiger partial charge in [-0.3, -0.25) is 4.79 Å². The second kappa shape index (κ2) is 6.57. The molecule has 0 radical (unpaired) electrons. The van der Waals surface area contributed by atoms with Crippen molar-refractivity contribution in [3.8, 4) is 17.2 Å². The molecule has 2 rings (SSSR count). The van der Waals surface area contributed by atoms with Gasteiger partial charge in [-0.25, -0.2) is 0 Å². The van der Waals surface area contributed by atoms with Crippen molar-refractivity contribution >= 4 is 21.7 Å². The largest absolute Gasteiger partial charge is 0.494 e. The van der Waals surface area contributed by atoms with Crippen molar-refractivity contribution in [3.05, 3.63) is 52.5 Å². The summed E-state index contributed by atoms with van der Waals surface area (Å²) in [7, 11) is 0. The number of halogens is 1. The van der Waals surface area contributed by atoms with Crippen LogP contribution >= 0.6 is 15.9 Å². The Balaban J connectivity index is 2.31. The molecule has 0 heterocycles. The molecule has 0 aliphatic rings. The first-order valence-electron chi connectivity index (χ1n) is 6.31. The van der Waals surface area contributed by atoms with E-state index in [9.17, 15) is 4.79 Å². The molecule has 0 saturated heterocycles. The number of Topliss-reactive ketones (excluding diaryl/α,β-unsaturated/α-hetero) is 1. The number of ether oxygens (including phenoxy) is 2. The van der Waals surface area contributed by atoms with E-state index in [0.29, 0.717) is 23.7 Å². The molecule has 0 amide bonds. The quantitative estimate of drug-likeness (QED) is 0.733. The van der Waals surface area contributed by atoms with Crippen molar-refractivity contribution < 1.29 is 14.3 Å². The van der Waals surface area contributed by atoms with Crippen molar-refractivity contribution in [3.63, 3.8) is 0 Å². The van der Waals surface area contributed by atoms with Crippen LogP contribution in [0.25, 0.3) is 0 Å². The fraction of sp³-hybridized carbons (Fsp3) is 0.188. The minimum absolute atomic E-state index is 0.0338. The summed E-state index contributed by atoms with van der Waals surface area (Å²) < 4.78 is 12.1. The fourth-order valence-electron chi connectivity index (χ4n) is 1.79. The molecular weight excluding hydrogens is 320 g/mol. The molecule has 0 spiro atoms. The van der Waals surface area contributed by atoms with E-state index >= 15 is 0 Å². The van der Waals surface area contributed by atoms with Crippen LogP contribution in [-0.4, -0.2) is 12.4 Å². The fourth-order valence-corrected chi connectivity index (χ4v) is 2.13. The van der Waals surface area contributed by atoms with Crippen LogP contribution in [0.2, 0.25) is 0 Å². The number of hydrogen-bond acceptors (Lipinski definition) is 3. The van der Waals surface area contributed by atoms with Crippen LogP contribution in [0.1, 0.15) is 24.2 Å². The summed E-state index contributed by atoms with van der Waals surface area (Å²) in [6.45, 7) is 4.04. The van der Waals surface area contributed by atoms with E-state index in [0.717, 1.165) is 10.2 Å². The van der Waals surface area contributed by atoms with Gasteiger partial charge in [0.15, 0.2) is 5.78 Å². The lowest BCUT2D eigenvalue weighted by Crippen LogP contribution is -1.97. The summed E-state index contributed by atoms with van der Waals surface area (Å²) in [5.74, 6) is 1.87. The molecule has 2 aromatic carbocycles. The van der Waals surface area contributed by atoms with Gasteiger partial charge in [-0.05, 0) is 44.2 Å². The Morgan fingerprint density at radius 3 is 2.60 bits per heavy atom. The maximum absolute atomic E-state index is 11.6. The molecule has 4 heteroatoms. The zero-order chi connectivity index (χ0) is 14.5. The Kier molecular flexibility index (Phi) is 4.79. The molecule has 0 atom stereocenters. The van der Waals surface area contributed by atoms with E-state index < -0.39 is 0 Å². The number of benzene rings is 2. The Labute approximate surface area is 126 Å². The van der Waals surface area contributed by atoms with Gasteiger partial charge in [-0.15, -0.1) is 0 Å². The number of ketones is 1. The van der Waals surface area contributed by atoms with Crippen LogP contribution in [0.5, 0.6) is 17.2 Å². The molecule has 20 heavy (non-hydrogen) atoms. The van der Waals surface area contributed by atoms with Crippen LogP contribution < -0.4 is 9.47 Å². The molecule has 0 N–H and O–H groups in total. The molecule has 0 aliphatic carbocycles. The van der Waals surface area contributed by atoms with E-state index in [-0.39, 0.29) is 5.78 Å². The van der Waals surface area contributed by atoms with E-state index in [1.807, 2.05) is 31.2 Å². The third-order valence-corrected chi connectivity index (χ3v) is 3.16. The van der Waals surface area contributed by atoms with Gasteiger partial charge >= 0.3 is 0 Å². The van der Waals surface area contributed by atoms with Gasteiger partial charge in [-0.1, -0.05) is 22.0 Å². The lowest BCUT2D eigenvalue weighted by molar-refractivity contribution is 0.101. The van der Waals surface area contributed by atoms with E-state index in [1.54, 1.807) is 18.2 Å². The SMILES string of the molecule is CCOc1cccc(Oc2cc(Br)ccc2C(C)=O)c1. The van der Waals surface area contributed by atoms with Crippen LogP contribution in [0.4, 0.5) is 0 Å². The Hall–Kier alpha value is -1.81. The highest BCUT2D eigenvalue weighted by molar-refractivity contribution is 9.10. The summed E-state index contributed by atoms with van der Waals surface area (Å²) in [6.07, 6.45) is 0. The highest BCUT2D eigenvalue weighted by Gasteiger charge is 2.10. The Morgan fingerprint density at radius 2 is 1.90 bits per heavy atom. The normalized spacial score (nSPS) is 10.2. The summed E-state index contributed by atoms with van der Waals surface area (Å²) in [5, 5.41) is 0. The minimum Gasteiger partial charge on any atom is -0.494 e. The number of hydrogen-bond donors (Lipinski definition) is 0. The van der Waals surface area contributed by atoms with Crippen molar-refractivity contribution in [2.75, 3.05) is 6.61 Å². The highest BCUT2D eigenvalue weighted by Crippen LogP contribution is 2.30. The maximum Gasteiger partial charge on any atom is 0.163 e. The lowest BCUT2D eigenvalue weighted by atomic mass is 10.1. The zero-order valence-electron chi connectivity index (χ0n) is 11.4. The minimum atomic E-state index is -0.0338. The number of carbonyl (C=O) groups excluding carboxylic acids is 1. The van der Waals surface area contributed by atoms with E-state index in [2.05, 4.69) is 15.9 Å². The van der Waals surface area contributed by atoms with Gasteiger partial charge in [0.05, 0.1) is 12.2 Å². The molecule has 0 bridgehead atoms. The van der Waals surface area contributed by atoms with Gasteiger partial charge in [0.25, 0.3) is 0 Å². The standard InChI is InChI=1S/C16H15BrO3/c1-3-19-13-5-4-6-14(10-13)20-16-9-12(17)7-8-15(16)11(2)18/h4-10H,3H2,1-2H3. The van der Waals surface area contributed by atoms with Crippen molar-refractivity contribution in [1.29, 1.82) is 0 Å².